The summed E-state index contributed by atoms with van der Waals surface area (Å²) in [5.41, 5.74) is 7.07. The van der Waals surface area contributed by atoms with Crippen LogP contribution in [0.4, 0.5) is 0 Å². The molecule has 1 aliphatic carbocycles. The van der Waals surface area contributed by atoms with Gasteiger partial charge in [0.25, 0.3) is 0 Å². The number of amides is 1. The number of methoxy groups -OCH3 is 1. The molecule has 0 bridgehead atoms. The first-order chi connectivity index (χ1) is 18.5. The topological polar surface area (TPSA) is 77.3 Å². The van der Waals surface area contributed by atoms with Gasteiger partial charge in [-0.2, -0.15) is 5.10 Å². The summed E-state index contributed by atoms with van der Waals surface area (Å²) < 4.78 is 6.40. The first-order valence-corrected chi connectivity index (χ1v) is 14.8. The molecule has 1 aromatic carbocycles. The van der Waals surface area contributed by atoms with Crippen molar-refractivity contribution >= 4 is 23.2 Å². The summed E-state index contributed by atoms with van der Waals surface area (Å²) in [6.45, 7) is 13.0. The van der Waals surface area contributed by atoms with Gasteiger partial charge in [0, 0.05) is 35.6 Å². The molecule has 0 radical (unpaired) electrons. The zero-order chi connectivity index (χ0) is 27.9. The van der Waals surface area contributed by atoms with Crippen LogP contribution >= 0.6 is 11.3 Å². The smallest absolute Gasteiger partial charge is 0.311 e. The summed E-state index contributed by atoms with van der Waals surface area (Å²) in [6, 6.07) is 8.79. The Balaban J connectivity index is 1.22. The molecule has 1 fully saturated rings. The molecule has 0 unspecified atom stereocenters. The Labute approximate surface area is 235 Å². The zero-order valence-corrected chi connectivity index (χ0v) is 24.9. The van der Waals surface area contributed by atoms with Crippen molar-refractivity contribution in [1.29, 1.82) is 0 Å². The predicted molar refractivity (Wildman–Crippen MR) is 154 cm³/mol. The molecule has 2 aromatic heterocycles. The minimum Gasteiger partial charge on any atom is -0.469 e. The van der Waals surface area contributed by atoms with Crippen LogP contribution < -0.4 is 0 Å². The van der Waals surface area contributed by atoms with Gasteiger partial charge in [0.05, 0.1) is 29.9 Å². The lowest BCUT2D eigenvalue weighted by Gasteiger charge is -2.42. The second kappa shape index (κ2) is 10.5. The molecule has 1 aliphatic heterocycles. The summed E-state index contributed by atoms with van der Waals surface area (Å²) >= 11 is 1.75. The van der Waals surface area contributed by atoms with E-state index in [4.69, 9.17) is 9.72 Å². The molecule has 0 spiro atoms. The lowest BCUT2D eigenvalue weighted by atomic mass is 9.63. The number of carbonyl (C=O) groups excluding carboxylic acids is 2. The van der Waals surface area contributed by atoms with Gasteiger partial charge >= 0.3 is 5.97 Å². The van der Waals surface area contributed by atoms with Gasteiger partial charge in [-0.3, -0.25) is 14.3 Å². The van der Waals surface area contributed by atoms with Crippen molar-refractivity contribution in [3.05, 3.63) is 57.2 Å². The molecule has 1 amide bonds. The Hall–Kier alpha value is -3.00. The van der Waals surface area contributed by atoms with E-state index in [0.717, 1.165) is 37.3 Å². The summed E-state index contributed by atoms with van der Waals surface area (Å²) in [6.07, 6.45) is 4.35. The van der Waals surface area contributed by atoms with E-state index >= 15 is 0 Å². The fourth-order valence-electron chi connectivity index (χ4n) is 6.00. The Bertz CT molecular complexity index is 1380. The summed E-state index contributed by atoms with van der Waals surface area (Å²) in [7, 11) is 1.36. The molecule has 3 heterocycles. The largest absolute Gasteiger partial charge is 0.469 e. The highest BCUT2D eigenvalue weighted by atomic mass is 32.1. The minimum atomic E-state index is -0.335. The number of likely N-dealkylation sites (tertiary alicyclic amines) is 1. The average Bonchev–Trinajstić information content (AvgIpc) is 3.53. The average molecular weight is 549 g/mol. The van der Waals surface area contributed by atoms with Crippen molar-refractivity contribution in [3.63, 3.8) is 0 Å². The maximum atomic E-state index is 13.0. The third-order valence-electron chi connectivity index (χ3n) is 8.74. The van der Waals surface area contributed by atoms with Gasteiger partial charge in [-0.25, -0.2) is 4.98 Å². The van der Waals surface area contributed by atoms with Gasteiger partial charge in [0.2, 0.25) is 5.91 Å². The van der Waals surface area contributed by atoms with Crippen molar-refractivity contribution in [2.45, 2.75) is 90.0 Å². The molecule has 1 saturated heterocycles. The lowest BCUT2D eigenvalue weighted by Crippen LogP contribution is -2.40. The second-order valence-corrected chi connectivity index (χ2v) is 13.3. The number of carbonyl (C=O) groups is 2. The molecule has 5 rings (SSSR count). The van der Waals surface area contributed by atoms with Crippen LogP contribution in [0.3, 0.4) is 0 Å². The fourth-order valence-corrected chi connectivity index (χ4v) is 7.00. The molecule has 0 N–H and O–H groups in total. The highest BCUT2D eigenvalue weighted by molar-refractivity contribution is 7.10. The first kappa shape index (κ1) is 27.6. The molecular formula is C31H40N4O3S. The number of nitrogens with zero attached hydrogens (tertiary/aromatic N) is 4. The van der Waals surface area contributed by atoms with E-state index in [1.807, 2.05) is 17.9 Å². The van der Waals surface area contributed by atoms with Crippen molar-refractivity contribution in [2.75, 3.05) is 20.2 Å². The Morgan fingerprint density at radius 3 is 2.44 bits per heavy atom. The van der Waals surface area contributed by atoms with Crippen LogP contribution in [-0.4, -0.2) is 51.7 Å². The van der Waals surface area contributed by atoms with Gasteiger partial charge in [0.15, 0.2) is 0 Å². The van der Waals surface area contributed by atoms with Gasteiger partial charge in [-0.15, -0.1) is 11.3 Å². The Morgan fingerprint density at radius 2 is 1.74 bits per heavy atom. The number of aromatic nitrogens is 3. The van der Waals surface area contributed by atoms with E-state index in [9.17, 15) is 9.59 Å². The zero-order valence-electron chi connectivity index (χ0n) is 24.0. The number of aryl methyl sites for hydroxylation is 1. The van der Waals surface area contributed by atoms with Crippen molar-refractivity contribution < 1.29 is 14.3 Å². The summed E-state index contributed by atoms with van der Waals surface area (Å²) in [5.74, 6) is 0.0976. The Kier molecular flexibility index (Phi) is 7.44. The van der Waals surface area contributed by atoms with Crippen LogP contribution in [0, 0.1) is 6.92 Å². The van der Waals surface area contributed by atoms with Gasteiger partial charge < -0.3 is 9.64 Å². The number of thiazole rings is 1. The standard InChI is InChI=1S/C31H40N4O3S/c1-20-15-23(17-28(37)38-6)33-35(20)18-27(36)34-13-9-21(10-14-34)29-32-26(19-39-29)22-7-8-24-25(16-22)31(4,5)12-11-30(24,2)3/h7-8,15-16,19,21H,9-14,17-18H2,1-6H3. The van der Waals surface area contributed by atoms with Crippen molar-refractivity contribution in [2.24, 2.45) is 0 Å². The van der Waals surface area contributed by atoms with E-state index in [1.54, 1.807) is 16.0 Å². The first-order valence-electron chi connectivity index (χ1n) is 14.0. The van der Waals surface area contributed by atoms with Gasteiger partial charge in [-0.05, 0) is 66.7 Å². The molecule has 0 saturated carbocycles. The quantitative estimate of drug-likeness (QED) is 0.365. The third kappa shape index (κ3) is 5.67. The lowest BCUT2D eigenvalue weighted by molar-refractivity contribution is -0.139. The van der Waals surface area contributed by atoms with Gasteiger partial charge in [-0.1, -0.05) is 39.8 Å². The fraction of sp³-hybridized carbons (Fsp3) is 0.548. The second-order valence-electron chi connectivity index (χ2n) is 12.4. The maximum Gasteiger partial charge on any atom is 0.311 e. The van der Waals surface area contributed by atoms with Gasteiger partial charge in [0.1, 0.15) is 6.54 Å². The van der Waals surface area contributed by atoms with E-state index in [1.165, 1.54) is 41.6 Å². The number of ether oxygens (including phenoxy) is 1. The number of esters is 1. The predicted octanol–water partition coefficient (Wildman–Crippen LogP) is 5.79. The van der Waals surface area contributed by atoms with E-state index in [0.29, 0.717) is 11.6 Å². The number of hydrogen-bond acceptors (Lipinski definition) is 6. The van der Waals surface area contributed by atoms with Crippen LogP contribution in [0.25, 0.3) is 11.3 Å². The van der Waals surface area contributed by atoms with Crippen LogP contribution in [0.5, 0.6) is 0 Å². The number of piperidine rings is 1. The molecule has 2 aliphatic rings. The number of hydrogen-bond donors (Lipinski definition) is 0. The summed E-state index contributed by atoms with van der Waals surface area (Å²) in [4.78, 5) is 31.6. The molecule has 3 aromatic rings. The maximum absolute atomic E-state index is 13.0. The number of fused-ring (bicyclic) bond motifs is 1. The molecule has 39 heavy (non-hydrogen) atoms. The van der Waals surface area contributed by atoms with Crippen LogP contribution in [0.15, 0.2) is 29.6 Å². The molecule has 208 valence electrons. The van der Waals surface area contributed by atoms with E-state index in [2.05, 4.69) is 56.4 Å². The molecule has 7 nitrogen and oxygen atoms in total. The van der Waals surface area contributed by atoms with Crippen LogP contribution in [0.1, 0.15) is 86.8 Å². The Morgan fingerprint density at radius 1 is 1.05 bits per heavy atom. The van der Waals surface area contributed by atoms with E-state index < -0.39 is 0 Å². The highest BCUT2D eigenvalue weighted by Crippen LogP contribution is 2.47. The van der Waals surface area contributed by atoms with Crippen molar-refractivity contribution in [1.82, 2.24) is 19.7 Å². The van der Waals surface area contributed by atoms with E-state index in [-0.39, 0.29) is 35.7 Å². The monoisotopic (exact) mass is 548 g/mol. The molecular weight excluding hydrogens is 508 g/mol. The number of benzene rings is 1. The third-order valence-corrected chi connectivity index (χ3v) is 9.74. The minimum absolute atomic E-state index is 0.0590. The number of rotatable bonds is 6. The molecule has 8 heteroatoms. The SMILES string of the molecule is COC(=O)Cc1cc(C)n(CC(=O)N2CCC(c3nc(-c4ccc5c(c4)C(C)(C)CCC5(C)C)cs3)CC2)n1. The van der Waals surface area contributed by atoms with Crippen molar-refractivity contribution in [3.8, 4) is 11.3 Å². The normalized spacial score (nSPS) is 18.6. The summed E-state index contributed by atoms with van der Waals surface area (Å²) in [5, 5.41) is 7.80. The highest BCUT2D eigenvalue weighted by Gasteiger charge is 2.37. The van der Waals surface area contributed by atoms with Crippen LogP contribution in [0.2, 0.25) is 0 Å². The molecule has 0 atom stereocenters. The van der Waals surface area contributed by atoms with Crippen LogP contribution in [-0.2, 0) is 38.1 Å².